The van der Waals surface area contributed by atoms with Crippen LogP contribution >= 0.6 is 11.6 Å². The van der Waals surface area contributed by atoms with E-state index in [0.717, 1.165) is 19.3 Å². The van der Waals surface area contributed by atoms with Gasteiger partial charge >= 0.3 is 0 Å². The summed E-state index contributed by atoms with van der Waals surface area (Å²) >= 11 is 5.86. The van der Waals surface area contributed by atoms with Gasteiger partial charge in [0.2, 0.25) is 0 Å². The molecule has 0 saturated heterocycles. The molecule has 1 amide bonds. The van der Waals surface area contributed by atoms with E-state index in [2.05, 4.69) is 24.1 Å². The largest absolute Gasteiger partial charge is 0.382 e. The van der Waals surface area contributed by atoms with Gasteiger partial charge < -0.3 is 11.1 Å². The number of nitrogens with zero attached hydrogens (tertiary/aromatic N) is 1. The predicted molar refractivity (Wildman–Crippen MR) is 72.5 cm³/mol. The molecule has 1 aromatic rings. The Morgan fingerprint density at radius 1 is 1.61 bits per heavy atom. The lowest BCUT2D eigenvalue weighted by molar-refractivity contribution is 0.0909. The lowest BCUT2D eigenvalue weighted by Crippen LogP contribution is -2.41. The Labute approximate surface area is 112 Å². The SMILES string of the molecule is CC1(C)CCCC1NC(=O)c1cnc(N)c(Cl)c1. The monoisotopic (exact) mass is 267 g/mol. The number of carbonyl (C=O) groups excluding carboxylic acids is 1. The zero-order chi connectivity index (χ0) is 13.3. The third kappa shape index (κ3) is 2.58. The van der Waals surface area contributed by atoms with E-state index in [1.54, 1.807) is 6.07 Å². The van der Waals surface area contributed by atoms with Crippen LogP contribution in [0.1, 0.15) is 43.5 Å². The lowest BCUT2D eigenvalue weighted by atomic mass is 9.87. The summed E-state index contributed by atoms with van der Waals surface area (Å²) in [5, 5.41) is 3.37. The molecule has 18 heavy (non-hydrogen) atoms. The Morgan fingerprint density at radius 2 is 2.33 bits per heavy atom. The number of pyridine rings is 1. The molecule has 0 aromatic carbocycles. The van der Waals surface area contributed by atoms with Crippen LogP contribution < -0.4 is 11.1 Å². The molecule has 0 spiro atoms. The minimum Gasteiger partial charge on any atom is -0.382 e. The van der Waals surface area contributed by atoms with Gasteiger partial charge in [0.15, 0.2) is 0 Å². The summed E-state index contributed by atoms with van der Waals surface area (Å²) in [6.07, 6.45) is 4.77. The van der Waals surface area contributed by atoms with Gasteiger partial charge in [0.25, 0.3) is 5.91 Å². The molecule has 1 unspecified atom stereocenters. The van der Waals surface area contributed by atoms with Crippen molar-refractivity contribution in [3.63, 3.8) is 0 Å². The molecular formula is C13H18ClN3O. The first kappa shape index (κ1) is 13.1. The Balaban J connectivity index is 2.10. The average Bonchev–Trinajstić information content (AvgIpc) is 2.62. The van der Waals surface area contributed by atoms with Crippen LogP contribution in [0.25, 0.3) is 0 Å². The molecule has 2 rings (SSSR count). The molecule has 1 heterocycles. The van der Waals surface area contributed by atoms with Gasteiger partial charge in [-0.1, -0.05) is 31.9 Å². The summed E-state index contributed by atoms with van der Waals surface area (Å²) in [5.74, 6) is 0.110. The topological polar surface area (TPSA) is 68.0 Å². The van der Waals surface area contributed by atoms with Crippen LogP contribution in [0.2, 0.25) is 5.02 Å². The summed E-state index contributed by atoms with van der Waals surface area (Å²) in [6.45, 7) is 4.36. The van der Waals surface area contributed by atoms with Crippen LogP contribution in [-0.2, 0) is 0 Å². The van der Waals surface area contributed by atoms with Crippen LogP contribution in [0.15, 0.2) is 12.3 Å². The normalized spacial score (nSPS) is 21.8. The van der Waals surface area contributed by atoms with E-state index in [1.807, 2.05) is 0 Å². The zero-order valence-electron chi connectivity index (χ0n) is 10.7. The maximum Gasteiger partial charge on any atom is 0.253 e. The van der Waals surface area contributed by atoms with Crippen molar-refractivity contribution in [1.82, 2.24) is 10.3 Å². The quantitative estimate of drug-likeness (QED) is 0.866. The number of nitrogens with one attached hydrogen (secondary N) is 1. The molecule has 1 fully saturated rings. The first-order valence-electron chi connectivity index (χ1n) is 6.12. The second-order valence-corrected chi connectivity index (χ2v) is 5.91. The van der Waals surface area contributed by atoms with Crippen molar-refractivity contribution in [3.05, 3.63) is 22.8 Å². The van der Waals surface area contributed by atoms with E-state index in [0.29, 0.717) is 10.6 Å². The number of hydrogen-bond donors (Lipinski definition) is 2. The molecule has 1 atom stereocenters. The molecule has 0 radical (unpaired) electrons. The highest BCUT2D eigenvalue weighted by Gasteiger charge is 2.35. The number of rotatable bonds is 2. The molecule has 1 saturated carbocycles. The maximum atomic E-state index is 12.1. The van der Waals surface area contributed by atoms with Gasteiger partial charge in [-0.15, -0.1) is 0 Å². The highest BCUT2D eigenvalue weighted by atomic mass is 35.5. The van der Waals surface area contributed by atoms with E-state index in [1.165, 1.54) is 6.20 Å². The molecule has 1 aliphatic rings. The van der Waals surface area contributed by atoms with Crippen LogP contribution in [0, 0.1) is 5.41 Å². The predicted octanol–water partition coefficient (Wildman–Crippen LogP) is 2.63. The van der Waals surface area contributed by atoms with Gasteiger partial charge in [0.1, 0.15) is 5.82 Å². The standard InChI is InChI=1S/C13H18ClN3O/c1-13(2)5-3-4-10(13)17-12(18)8-6-9(14)11(15)16-7-8/h6-7,10H,3-5H2,1-2H3,(H2,15,16)(H,17,18). The number of aromatic nitrogens is 1. The molecule has 98 valence electrons. The minimum atomic E-state index is -0.135. The smallest absolute Gasteiger partial charge is 0.253 e. The van der Waals surface area contributed by atoms with Gasteiger partial charge in [-0.25, -0.2) is 4.98 Å². The van der Waals surface area contributed by atoms with Crippen molar-refractivity contribution in [2.75, 3.05) is 5.73 Å². The van der Waals surface area contributed by atoms with Crippen LogP contribution in [0.3, 0.4) is 0 Å². The lowest BCUT2D eigenvalue weighted by Gasteiger charge is -2.27. The first-order chi connectivity index (χ1) is 8.40. The second kappa shape index (κ2) is 4.76. The van der Waals surface area contributed by atoms with Crippen molar-refractivity contribution in [2.24, 2.45) is 5.41 Å². The van der Waals surface area contributed by atoms with Crippen molar-refractivity contribution in [1.29, 1.82) is 0 Å². The van der Waals surface area contributed by atoms with Gasteiger partial charge in [0, 0.05) is 12.2 Å². The number of anilines is 1. The fourth-order valence-corrected chi connectivity index (χ4v) is 2.57. The highest BCUT2D eigenvalue weighted by molar-refractivity contribution is 6.33. The summed E-state index contributed by atoms with van der Waals surface area (Å²) in [4.78, 5) is 16.0. The Bertz CT molecular complexity index is 473. The Hall–Kier alpha value is -1.29. The molecule has 1 aromatic heterocycles. The van der Waals surface area contributed by atoms with Gasteiger partial charge in [-0.3, -0.25) is 4.79 Å². The molecule has 5 heteroatoms. The van der Waals surface area contributed by atoms with E-state index in [-0.39, 0.29) is 23.2 Å². The number of carbonyl (C=O) groups is 1. The molecule has 3 N–H and O–H groups in total. The molecule has 0 bridgehead atoms. The van der Waals surface area contributed by atoms with Crippen molar-refractivity contribution < 1.29 is 4.79 Å². The number of hydrogen-bond acceptors (Lipinski definition) is 3. The maximum absolute atomic E-state index is 12.1. The first-order valence-corrected chi connectivity index (χ1v) is 6.50. The summed E-state index contributed by atoms with van der Waals surface area (Å²) in [5.41, 5.74) is 6.13. The van der Waals surface area contributed by atoms with E-state index >= 15 is 0 Å². The van der Waals surface area contributed by atoms with Crippen molar-refractivity contribution in [3.8, 4) is 0 Å². The molecular weight excluding hydrogens is 250 g/mol. The van der Waals surface area contributed by atoms with Crippen LogP contribution in [0.4, 0.5) is 5.82 Å². The van der Waals surface area contributed by atoms with Gasteiger partial charge in [0.05, 0.1) is 10.6 Å². The Morgan fingerprint density at radius 3 is 2.89 bits per heavy atom. The summed E-state index contributed by atoms with van der Waals surface area (Å²) < 4.78 is 0. The fraction of sp³-hybridized carbons (Fsp3) is 0.538. The molecule has 0 aliphatic heterocycles. The summed E-state index contributed by atoms with van der Waals surface area (Å²) in [7, 11) is 0. The highest BCUT2D eigenvalue weighted by Crippen LogP contribution is 2.37. The molecule has 1 aliphatic carbocycles. The molecule has 4 nitrogen and oxygen atoms in total. The number of nitrogens with two attached hydrogens (primary N) is 1. The van der Waals surface area contributed by atoms with E-state index in [4.69, 9.17) is 17.3 Å². The van der Waals surface area contributed by atoms with Gasteiger partial charge in [-0.05, 0) is 24.3 Å². The fourth-order valence-electron chi connectivity index (χ4n) is 2.41. The number of amides is 1. The summed E-state index contributed by atoms with van der Waals surface area (Å²) in [6, 6.07) is 1.77. The minimum absolute atomic E-state index is 0.135. The third-order valence-corrected chi connectivity index (χ3v) is 4.00. The Kier molecular flexibility index (Phi) is 3.48. The number of nitrogen functional groups attached to an aromatic ring is 1. The van der Waals surface area contributed by atoms with Gasteiger partial charge in [-0.2, -0.15) is 0 Å². The van der Waals surface area contributed by atoms with Crippen molar-refractivity contribution >= 4 is 23.3 Å². The van der Waals surface area contributed by atoms with Crippen molar-refractivity contribution in [2.45, 2.75) is 39.2 Å². The second-order valence-electron chi connectivity index (χ2n) is 5.50. The number of halogens is 1. The van der Waals surface area contributed by atoms with Crippen LogP contribution in [-0.4, -0.2) is 16.9 Å². The zero-order valence-corrected chi connectivity index (χ0v) is 11.4. The average molecular weight is 268 g/mol. The van der Waals surface area contributed by atoms with E-state index < -0.39 is 0 Å². The van der Waals surface area contributed by atoms with Crippen LogP contribution in [0.5, 0.6) is 0 Å². The third-order valence-electron chi connectivity index (χ3n) is 3.69. The van der Waals surface area contributed by atoms with E-state index in [9.17, 15) is 4.79 Å².